The molecule has 1 amide bonds. The SMILES string of the molecule is CCOC(=O)CN(C(=O)c1cc(C)nc2onc(C)c12)c1ccc(F)cc1. The van der Waals surface area contributed by atoms with Gasteiger partial charge in [-0.05, 0) is 51.1 Å². The smallest absolute Gasteiger partial charge is 0.326 e. The Labute approximate surface area is 154 Å². The molecule has 0 aliphatic rings. The molecule has 0 atom stereocenters. The van der Waals surface area contributed by atoms with Crippen LogP contribution in [0.25, 0.3) is 11.1 Å². The first kappa shape index (κ1) is 18.5. The number of ether oxygens (including phenoxy) is 1. The maximum atomic E-state index is 13.3. The molecule has 2 heterocycles. The van der Waals surface area contributed by atoms with E-state index in [4.69, 9.17) is 9.26 Å². The third-order valence-corrected chi connectivity index (χ3v) is 3.95. The maximum Gasteiger partial charge on any atom is 0.326 e. The molecular formula is C19H18FN3O4. The highest BCUT2D eigenvalue weighted by Gasteiger charge is 2.26. The number of carbonyl (C=O) groups excluding carboxylic acids is 2. The maximum absolute atomic E-state index is 13.3. The first-order chi connectivity index (χ1) is 12.9. The Morgan fingerprint density at radius 1 is 1.22 bits per heavy atom. The minimum atomic E-state index is -0.570. The number of benzene rings is 1. The van der Waals surface area contributed by atoms with Gasteiger partial charge in [0.15, 0.2) is 0 Å². The van der Waals surface area contributed by atoms with E-state index in [9.17, 15) is 14.0 Å². The van der Waals surface area contributed by atoms with Crippen LogP contribution in [-0.4, -0.2) is 35.2 Å². The zero-order chi connectivity index (χ0) is 19.6. The number of carbonyl (C=O) groups is 2. The quantitative estimate of drug-likeness (QED) is 0.640. The summed E-state index contributed by atoms with van der Waals surface area (Å²) in [5, 5.41) is 4.34. The molecule has 2 aromatic heterocycles. The summed E-state index contributed by atoms with van der Waals surface area (Å²) in [7, 11) is 0. The van der Waals surface area contributed by atoms with Gasteiger partial charge in [0.1, 0.15) is 12.4 Å². The molecule has 0 radical (unpaired) electrons. The molecule has 7 nitrogen and oxygen atoms in total. The van der Waals surface area contributed by atoms with E-state index in [-0.39, 0.29) is 18.9 Å². The van der Waals surface area contributed by atoms with Gasteiger partial charge in [-0.15, -0.1) is 0 Å². The molecule has 0 saturated heterocycles. The number of anilines is 1. The monoisotopic (exact) mass is 371 g/mol. The van der Waals surface area contributed by atoms with Crippen LogP contribution < -0.4 is 4.90 Å². The van der Waals surface area contributed by atoms with Crippen molar-refractivity contribution in [2.45, 2.75) is 20.8 Å². The third kappa shape index (κ3) is 3.79. The molecule has 0 bridgehead atoms. The lowest BCUT2D eigenvalue weighted by molar-refractivity contribution is -0.141. The Kier molecular flexibility index (Phi) is 5.16. The lowest BCUT2D eigenvalue weighted by atomic mass is 10.1. The number of amides is 1. The topological polar surface area (TPSA) is 85.5 Å². The molecule has 0 aliphatic carbocycles. The number of esters is 1. The van der Waals surface area contributed by atoms with Gasteiger partial charge < -0.3 is 9.26 Å². The number of rotatable bonds is 5. The summed E-state index contributed by atoms with van der Waals surface area (Å²) in [6.07, 6.45) is 0. The zero-order valence-electron chi connectivity index (χ0n) is 15.2. The van der Waals surface area contributed by atoms with Gasteiger partial charge in [0.05, 0.1) is 23.3 Å². The number of hydrogen-bond donors (Lipinski definition) is 0. The Hall–Kier alpha value is -3.29. The molecule has 0 spiro atoms. The van der Waals surface area contributed by atoms with E-state index in [0.717, 1.165) is 0 Å². The summed E-state index contributed by atoms with van der Waals surface area (Å²) in [5.74, 6) is -1.48. The summed E-state index contributed by atoms with van der Waals surface area (Å²) in [4.78, 5) is 30.8. The summed E-state index contributed by atoms with van der Waals surface area (Å²) in [5.41, 5.74) is 1.98. The van der Waals surface area contributed by atoms with Crippen LogP contribution in [0.4, 0.5) is 10.1 Å². The molecule has 0 unspecified atom stereocenters. The normalized spacial score (nSPS) is 10.8. The number of pyridine rings is 1. The summed E-state index contributed by atoms with van der Waals surface area (Å²) in [6.45, 7) is 4.98. The number of fused-ring (bicyclic) bond motifs is 1. The molecule has 3 aromatic rings. The number of hydrogen-bond acceptors (Lipinski definition) is 6. The Morgan fingerprint density at radius 2 is 1.93 bits per heavy atom. The molecule has 8 heteroatoms. The molecule has 0 N–H and O–H groups in total. The molecule has 0 saturated carbocycles. The van der Waals surface area contributed by atoms with Crippen LogP contribution >= 0.6 is 0 Å². The number of aromatic nitrogens is 2. The van der Waals surface area contributed by atoms with Crippen LogP contribution in [0.1, 0.15) is 28.7 Å². The average molecular weight is 371 g/mol. The average Bonchev–Trinajstić information content (AvgIpc) is 3.00. The third-order valence-electron chi connectivity index (χ3n) is 3.95. The van der Waals surface area contributed by atoms with Gasteiger partial charge in [0.2, 0.25) is 0 Å². The van der Waals surface area contributed by atoms with Crippen LogP contribution in [0, 0.1) is 19.7 Å². The predicted molar refractivity (Wildman–Crippen MR) is 96.0 cm³/mol. The van der Waals surface area contributed by atoms with E-state index in [2.05, 4.69) is 10.1 Å². The number of aryl methyl sites for hydroxylation is 2. The lowest BCUT2D eigenvalue weighted by Gasteiger charge is -2.22. The fraction of sp³-hybridized carbons (Fsp3) is 0.263. The summed E-state index contributed by atoms with van der Waals surface area (Å²) < 4.78 is 23.4. The highest BCUT2D eigenvalue weighted by molar-refractivity contribution is 6.14. The standard InChI is InChI=1S/C19H18FN3O4/c1-4-26-16(24)10-23(14-7-5-13(20)6-8-14)19(25)15-9-11(2)21-18-17(15)12(3)22-27-18/h5-9H,4,10H2,1-3H3. The van der Waals surface area contributed by atoms with E-state index >= 15 is 0 Å². The van der Waals surface area contributed by atoms with Gasteiger partial charge in [-0.25, -0.2) is 9.37 Å². The fourth-order valence-corrected chi connectivity index (χ4v) is 2.77. The van der Waals surface area contributed by atoms with E-state index in [1.807, 2.05) is 0 Å². The van der Waals surface area contributed by atoms with Gasteiger partial charge in [0.25, 0.3) is 11.6 Å². The Morgan fingerprint density at radius 3 is 2.59 bits per heavy atom. The predicted octanol–water partition coefficient (Wildman–Crippen LogP) is 3.19. The summed E-state index contributed by atoms with van der Waals surface area (Å²) >= 11 is 0. The van der Waals surface area contributed by atoms with E-state index in [0.29, 0.717) is 28.0 Å². The van der Waals surface area contributed by atoms with Crippen LogP contribution in [0.5, 0.6) is 0 Å². The van der Waals surface area contributed by atoms with Crippen LogP contribution in [0.2, 0.25) is 0 Å². The number of halogens is 1. The summed E-state index contributed by atoms with van der Waals surface area (Å²) in [6, 6.07) is 6.91. The molecule has 27 heavy (non-hydrogen) atoms. The van der Waals surface area contributed by atoms with Crippen molar-refractivity contribution in [3.05, 3.63) is 53.1 Å². The molecule has 0 aliphatic heterocycles. The van der Waals surface area contributed by atoms with Gasteiger partial charge in [0, 0.05) is 11.4 Å². The van der Waals surface area contributed by atoms with Crippen molar-refractivity contribution < 1.29 is 23.2 Å². The van der Waals surface area contributed by atoms with Crippen LogP contribution in [-0.2, 0) is 9.53 Å². The van der Waals surface area contributed by atoms with Crippen molar-refractivity contribution in [3.8, 4) is 0 Å². The molecule has 140 valence electrons. The van der Waals surface area contributed by atoms with Crippen molar-refractivity contribution in [3.63, 3.8) is 0 Å². The first-order valence-electron chi connectivity index (χ1n) is 8.37. The van der Waals surface area contributed by atoms with Gasteiger partial charge in [-0.2, -0.15) is 0 Å². The van der Waals surface area contributed by atoms with Crippen molar-refractivity contribution in [1.29, 1.82) is 0 Å². The van der Waals surface area contributed by atoms with Gasteiger partial charge >= 0.3 is 5.97 Å². The number of nitrogens with zero attached hydrogens (tertiary/aromatic N) is 3. The minimum absolute atomic E-state index is 0.188. The van der Waals surface area contributed by atoms with E-state index in [1.165, 1.54) is 29.2 Å². The van der Waals surface area contributed by atoms with Crippen molar-refractivity contribution in [1.82, 2.24) is 10.1 Å². The van der Waals surface area contributed by atoms with E-state index < -0.39 is 17.7 Å². The van der Waals surface area contributed by atoms with Crippen LogP contribution in [0.15, 0.2) is 34.9 Å². The fourth-order valence-electron chi connectivity index (χ4n) is 2.77. The zero-order valence-corrected chi connectivity index (χ0v) is 15.2. The van der Waals surface area contributed by atoms with Crippen molar-refractivity contribution in [2.24, 2.45) is 0 Å². The Balaban J connectivity index is 2.09. The van der Waals surface area contributed by atoms with Crippen molar-refractivity contribution >= 4 is 28.7 Å². The molecular weight excluding hydrogens is 353 g/mol. The second kappa shape index (κ2) is 7.53. The highest BCUT2D eigenvalue weighted by atomic mass is 19.1. The van der Waals surface area contributed by atoms with Crippen LogP contribution in [0.3, 0.4) is 0 Å². The molecule has 1 aromatic carbocycles. The van der Waals surface area contributed by atoms with Gasteiger partial charge in [-0.1, -0.05) is 5.16 Å². The molecule has 3 rings (SSSR count). The largest absolute Gasteiger partial charge is 0.465 e. The molecule has 0 fully saturated rings. The second-order valence-corrected chi connectivity index (χ2v) is 5.93. The first-order valence-corrected chi connectivity index (χ1v) is 8.37. The highest BCUT2D eigenvalue weighted by Crippen LogP contribution is 2.25. The lowest BCUT2D eigenvalue weighted by Crippen LogP contribution is -2.36. The minimum Gasteiger partial charge on any atom is -0.465 e. The Bertz CT molecular complexity index is 998. The second-order valence-electron chi connectivity index (χ2n) is 5.93. The van der Waals surface area contributed by atoms with Gasteiger partial charge in [-0.3, -0.25) is 14.5 Å². The van der Waals surface area contributed by atoms with E-state index in [1.54, 1.807) is 26.8 Å². The van der Waals surface area contributed by atoms with Crippen molar-refractivity contribution in [2.75, 3.05) is 18.1 Å².